The molecule has 1 amide bonds. The van der Waals surface area contributed by atoms with Gasteiger partial charge in [-0.05, 0) is 0 Å². The predicted molar refractivity (Wildman–Crippen MR) is 49.2 cm³/mol. The van der Waals surface area contributed by atoms with Crippen molar-refractivity contribution in [3.8, 4) is 0 Å². The molecule has 0 aromatic carbocycles. The van der Waals surface area contributed by atoms with Gasteiger partial charge in [-0.25, -0.2) is 4.98 Å². The van der Waals surface area contributed by atoms with E-state index in [-0.39, 0.29) is 5.91 Å². The molecule has 0 aliphatic heterocycles. The fourth-order valence-corrected chi connectivity index (χ4v) is 1.05. The molecule has 2 N–H and O–H groups in total. The van der Waals surface area contributed by atoms with Crippen LogP contribution in [0.15, 0.2) is 12.5 Å². The van der Waals surface area contributed by atoms with Crippen LogP contribution in [0.25, 0.3) is 0 Å². The lowest BCUT2D eigenvalue weighted by molar-refractivity contribution is 0.0789. The minimum Gasteiger partial charge on any atom is -0.339 e. The van der Waals surface area contributed by atoms with Crippen LogP contribution in [0.2, 0.25) is 0 Å². The Labute approximate surface area is 77.2 Å². The smallest absolute Gasteiger partial charge is 0.271 e. The van der Waals surface area contributed by atoms with Gasteiger partial charge < -0.3 is 15.2 Å². The SMILES string of the molecule is CN(CCN)C(=O)c1cncn1C. The minimum atomic E-state index is -0.0505. The predicted octanol–water partition coefficient (Wildman–Crippen LogP) is -0.549. The van der Waals surface area contributed by atoms with Crippen LogP contribution in [0.1, 0.15) is 10.5 Å². The number of imidazole rings is 1. The van der Waals surface area contributed by atoms with Gasteiger partial charge in [0, 0.05) is 27.2 Å². The van der Waals surface area contributed by atoms with Gasteiger partial charge in [0.05, 0.1) is 12.5 Å². The number of aryl methyl sites for hydroxylation is 1. The largest absolute Gasteiger partial charge is 0.339 e. The molecule has 0 unspecified atom stereocenters. The first-order chi connectivity index (χ1) is 6.16. The van der Waals surface area contributed by atoms with Crippen molar-refractivity contribution in [2.75, 3.05) is 20.1 Å². The van der Waals surface area contributed by atoms with Gasteiger partial charge in [0.1, 0.15) is 5.69 Å². The summed E-state index contributed by atoms with van der Waals surface area (Å²) >= 11 is 0. The molecule has 13 heavy (non-hydrogen) atoms. The van der Waals surface area contributed by atoms with Crippen LogP contribution in [-0.4, -0.2) is 40.5 Å². The zero-order valence-corrected chi connectivity index (χ0v) is 7.90. The molecular weight excluding hydrogens is 168 g/mol. The van der Waals surface area contributed by atoms with Crippen molar-refractivity contribution >= 4 is 5.91 Å². The highest BCUT2D eigenvalue weighted by Gasteiger charge is 2.13. The van der Waals surface area contributed by atoms with Crippen LogP contribution in [0.4, 0.5) is 0 Å². The average Bonchev–Trinajstić information content (AvgIpc) is 2.50. The van der Waals surface area contributed by atoms with Crippen LogP contribution in [0.5, 0.6) is 0 Å². The number of aromatic nitrogens is 2. The molecule has 0 aliphatic rings. The number of hydrogen-bond donors (Lipinski definition) is 1. The summed E-state index contributed by atoms with van der Waals surface area (Å²) in [6.45, 7) is 1.03. The Hall–Kier alpha value is -1.36. The molecule has 0 radical (unpaired) electrons. The first-order valence-corrected chi connectivity index (χ1v) is 4.08. The fraction of sp³-hybridized carbons (Fsp3) is 0.500. The molecule has 0 atom stereocenters. The highest BCUT2D eigenvalue weighted by molar-refractivity contribution is 5.92. The van der Waals surface area contributed by atoms with Crippen LogP contribution in [0, 0.1) is 0 Å². The van der Waals surface area contributed by atoms with Gasteiger partial charge in [-0.1, -0.05) is 0 Å². The number of rotatable bonds is 3. The van der Waals surface area contributed by atoms with E-state index in [2.05, 4.69) is 4.98 Å². The fourth-order valence-electron chi connectivity index (χ4n) is 1.05. The summed E-state index contributed by atoms with van der Waals surface area (Å²) in [6, 6.07) is 0. The Morgan fingerprint density at radius 2 is 2.46 bits per heavy atom. The third-order valence-electron chi connectivity index (χ3n) is 1.85. The van der Waals surface area contributed by atoms with Gasteiger partial charge in [0.15, 0.2) is 0 Å². The molecule has 0 aliphatic carbocycles. The molecule has 1 heterocycles. The van der Waals surface area contributed by atoms with Gasteiger partial charge in [0.2, 0.25) is 0 Å². The second kappa shape index (κ2) is 4.04. The molecular formula is C8H14N4O. The van der Waals surface area contributed by atoms with Gasteiger partial charge in [-0.3, -0.25) is 4.79 Å². The second-order valence-corrected chi connectivity index (χ2v) is 2.91. The summed E-state index contributed by atoms with van der Waals surface area (Å²) in [5, 5.41) is 0. The molecule has 5 nitrogen and oxygen atoms in total. The van der Waals surface area contributed by atoms with Crippen molar-refractivity contribution in [2.45, 2.75) is 0 Å². The summed E-state index contributed by atoms with van der Waals surface area (Å²) in [6.07, 6.45) is 3.15. The van der Waals surface area contributed by atoms with Crippen molar-refractivity contribution in [1.29, 1.82) is 0 Å². The van der Waals surface area contributed by atoms with Crippen molar-refractivity contribution in [3.63, 3.8) is 0 Å². The molecule has 1 rings (SSSR count). The van der Waals surface area contributed by atoms with E-state index in [0.29, 0.717) is 18.8 Å². The highest BCUT2D eigenvalue weighted by atomic mass is 16.2. The Bertz CT molecular complexity index is 294. The number of nitrogens with two attached hydrogens (primary N) is 1. The molecule has 0 saturated heterocycles. The van der Waals surface area contributed by atoms with Crippen molar-refractivity contribution < 1.29 is 4.79 Å². The lowest BCUT2D eigenvalue weighted by Gasteiger charge is -2.15. The Morgan fingerprint density at radius 3 is 2.92 bits per heavy atom. The topological polar surface area (TPSA) is 64.2 Å². The molecule has 1 aromatic rings. The number of amides is 1. The van der Waals surface area contributed by atoms with Crippen molar-refractivity contribution in [3.05, 3.63) is 18.2 Å². The Balaban J connectivity index is 2.73. The Morgan fingerprint density at radius 1 is 1.77 bits per heavy atom. The number of nitrogens with zero attached hydrogens (tertiary/aromatic N) is 3. The highest BCUT2D eigenvalue weighted by Crippen LogP contribution is 2.00. The standard InChI is InChI=1S/C8H14N4O/c1-11(4-3-9)8(13)7-5-10-6-12(7)2/h5-6H,3-4,9H2,1-2H3. The van der Waals surface area contributed by atoms with E-state index in [9.17, 15) is 4.79 Å². The van der Waals surface area contributed by atoms with E-state index in [1.807, 2.05) is 0 Å². The van der Waals surface area contributed by atoms with Crippen molar-refractivity contribution in [2.24, 2.45) is 12.8 Å². The average molecular weight is 182 g/mol. The quantitative estimate of drug-likeness (QED) is 0.682. The van der Waals surface area contributed by atoms with E-state index >= 15 is 0 Å². The minimum absolute atomic E-state index is 0.0505. The molecule has 1 aromatic heterocycles. The van der Waals surface area contributed by atoms with Gasteiger partial charge >= 0.3 is 0 Å². The number of hydrogen-bond acceptors (Lipinski definition) is 3. The van der Waals surface area contributed by atoms with Crippen molar-refractivity contribution in [1.82, 2.24) is 14.5 Å². The number of carbonyl (C=O) groups is 1. The number of likely N-dealkylation sites (N-methyl/N-ethyl adjacent to an activating group) is 1. The van der Waals surface area contributed by atoms with Crippen LogP contribution in [0.3, 0.4) is 0 Å². The molecule has 72 valence electrons. The van der Waals surface area contributed by atoms with Crippen LogP contribution in [-0.2, 0) is 7.05 Å². The lowest BCUT2D eigenvalue weighted by atomic mass is 10.4. The molecule has 0 spiro atoms. The van der Waals surface area contributed by atoms with E-state index in [1.165, 1.54) is 0 Å². The third-order valence-corrected chi connectivity index (χ3v) is 1.85. The van der Waals surface area contributed by atoms with E-state index in [1.54, 1.807) is 36.1 Å². The molecule has 5 heteroatoms. The van der Waals surface area contributed by atoms with Crippen LogP contribution >= 0.6 is 0 Å². The summed E-state index contributed by atoms with van der Waals surface area (Å²) in [4.78, 5) is 17.1. The first-order valence-electron chi connectivity index (χ1n) is 4.08. The first kappa shape index (κ1) is 9.73. The second-order valence-electron chi connectivity index (χ2n) is 2.91. The summed E-state index contributed by atoms with van der Waals surface area (Å²) in [5.74, 6) is -0.0505. The van der Waals surface area contributed by atoms with E-state index in [4.69, 9.17) is 5.73 Å². The molecule has 0 bridgehead atoms. The Kier molecular flexibility index (Phi) is 3.02. The van der Waals surface area contributed by atoms with E-state index < -0.39 is 0 Å². The van der Waals surface area contributed by atoms with Gasteiger partial charge in [-0.15, -0.1) is 0 Å². The third kappa shape index (κ3) is 2.06. The maximum atomic E-state index is 11.6. The van der Waals surface area contributed by atoms with Gasteiger partial charge in [0.25, 0.3) is 5.91 Å². The zero-order chi connectivity index (χ0) is 9.84. The number of carbonyl (C=O) groups excluding carboxylic acids is 1. The normalized spacial score (nSPS) is 10.1. The maximum Gasteiger partial charge on any atom is 0.271 e. The summed E-state index contributed by atoms with van der Waals surface area (Å²) in [7, 11) is 3.51. The summed E-state index contributed by atoms with van der Waals surface area (Å²) in [5.41, 5.74) is 5.92. The molecule has 0 saturated carbocycles. The maximum absolute atomic E-state index is 11.6. The lowest BCUT2D eigenvalue weighted by Crippen LogP contribution is -2.32. The van der Waals surface area contributed by atoms with Crippen LogP contribution < -0.4 is 5.73 Å². The zero-order valence-electron chi connectivity index (χ0n) is 7.90. The monoisotopic (exact) mass is 182 g/mol. The molecule has 0 fully saturated rings. The van der Waals surface area contributed by atoms with E-state index in [0.717, 1.165) is 0 Å². The summed E-state index contributed by atoms with van der Waals surface area (Å²) < 4.78 is 1.69. The van der Waals surface area contributed by atoms with Gasteiger partial charge in [-0.2, -0.15) is 0 Å².